The number of carbonyl (C=O) groups is 1. The smallest absolute Gasteiger partial charge is 0.222 e. The highest BCUT2D eigenvalue weighted by Crippen LogP contribution is 2.14. The van der Waals surface area contributed by atoms with Crippen LogP contribution >= 0.6 is 0 Å². The molecule has 0 spiro atoms. The lowest BCUT2D eigenvalue weighted by Gasteiger charge is -2.21. The van der Waals surface area contributed by atoms with Gasteiger partial charge in [0.2, 0.25) is 5.91 Å². The number of aromatic nitrogens is 2. The number of carbonyl (C=O) groups excluding carboxylic acids is 1. The second-order valence-electron chi connectivity index (χ2n) is 5.67. The third-order valence-electron chi connectivity index (χ3n) is 3.78. The third-order valence-corrected chi connectivity index (χ3v) is 3.78. The third kappa shape index (κ3) is 3.29. The van der Waals surface area contributed by atoms with Gasteiger partial charge in [-0.3, -0.25) is 9.78 Å². The zero-order valence-corrected chi connectivity index (χ0v) is 12.2. The average Bonchev–Trinajstić information content (AvgIpc) is 2.90. The molecule has 1 amide bonds. The summed E-state index contributed by atoms with van der Waals surface area (Å²) < 4.78 is 0. The first-order valence-corrected chi connectivity index (χ1v) is 7.46. The average molecular weight is 284 g/mol. The predicted molar refractivity (Wildman–Crippen MR) is 83.0 cm³/mol. The van der Waals surface area contributed by atoms with Gasteiger partial charge in [0.15, 0.2) is 0 Å². The summed E-state index contributed by atoms with van der Waals surface area (Å²) in [4.78, 5) is 22.5. The van der Waals surface area contributed by atoms with Crippen molar-refractivity contribution in [1.82, 2.24) is 14.9 Å². The fourth-order valence-corrected chi connectivity index (χ4v) is 2.66. The van der Waals surface area contributed by atoms with Gasteiger partial charge in [-0.05, 0) is 24.5 Å². The molecule has 0 unspecified atom stereocenters. The van der Waals surface area contributed by atoms with Crippen molar-refractivity contribution in [1.29, 1.82) is 0 Å². The van der Waals surface area contributed by atoms with Crippen LogP contribution in [0, 0.1) is 5.92 Å². The number of nitrogens with one attached hydrogen (secondary N) is 1. The summed E-state index contributed by atoms with van der Waals surface area (Å²) in [5, 5.41) is 3.31. The quantitative estimate of drug-likeness (QED) is 0.915. The molecule has 1 atom stereocenters. The Morgan fingerprint density at radius 2 is 2.14 bits per heavy atom. The highest BCUT2D eigenvalue weighted by atomic mass is 16.2. The van der Waals surface area contributed by atoms with Crippen molar-refractivity contribution in [2.45, 2.75) is 19.8 Å². The topological polar surface area (TPSA) is 58.1 Å². The van der Waals surface area contributed by atoms with E-state index in [1.165, 1.54) is 0 Å². The van der Waals surface area contributed by atoms with Crippen molar-refractivity contribution >= 4 is 22.8 Å². The molecule has 1 N–H and O–H groups in total. The molecule has 0 saturated carbocycles. The fourth-order valence-electron chi connectivity index (χ4n) is 2.66. The SMILES string of the molecule is C[C@H](CNc1cnc2ccccc2n1)CN1CCCC1=O. The predicted octanol–water partition coefficient (Wildman–Crippen LogP) is 2.30. The van der Waals surface area contributed by atoms with E-state index in [1.807, 2.05) is 29.2 Å². The molecule has 0 bridgehead atoms. The molecule has 1 aromatic carbocycles. The number of benzene rings is 1. The van der Waals surface area contributed by atoms with Gasteiger partial charge in [0.1, 0.15) is 5.82 Å². The Bertz CT molecular complexity index is 643. The van der Waals surface area contributed by atoms with Gasteiger partial charge < -0.3 is 10.2 Å². The normalized spacial score (nSPS) is 16.4. The Morgan fingerprint density at radius 1 is 1.33 bits per heavy atom. The van der Waals surface area contributed by atoms with Gasteiger partial charge >= 0.3 is 0 Å². The van der Waals surface area contributed by atoms with E-state index >= 15 is 0 Å². The number of likely N-dealkylation sites (tertiary alicyclic amines) is 1. The van der Waals surface area contributed by atoms with Crippen LogP contribution in [0.2, 0.25) is 0 Å². The zero-order chi connectivity index (χ0) is 14.7. The van der Waals surface area contributed by atoms with E-state index < -0.39 is 0 Å². The summed E-state index contributed by atoms with van der Waals surface area (Å²) >= 11 is 0. The number of nitrogens with zero attached hydrogens (tertiary/aromatic N) is 3. The minimum Gasteiger partial charge on any atom is -0.368 e. The molecule has 1 aliphatic heterocycles. The molecule has 1 saturated heterocycles. The van der Waals surface area contributed by atoms with Crippen molar-refractivity contribution in [2.24, 2.45) is 5.92 Å². The van der Waals surface area contributed by atoms with Crippen LogP contribution in [0.15, 0.2) is 30.5 Å². The van der Waals surface area contributed by atoms with E-state index in [-0.39, 0.29) is 5.91 Å². The maximum Gasteiger partial charge on any atom is 0.222 e. The summed E-state index contributed by atoms with van der Waals surface area (Å²) in [5.74, 6) is 1.46. The highest BCUT2D eigenvalue weighted by Gasteiger charge is 2.21. The number of fused-ring (bicyclic) bond motifs is 1. The summed E-state index contributed by atoms with van der Waals surface area (Å²) in [5.41, 5.74) is 1.80. The van der Waals surface area contributed by atoms with Crippen LogP contribution in [0.5, 0.6) is 0 Å². The van der Waals surface area contributed by atoms with Gasteiger partial charge in [0.05, 0.1) is 17.2 Å². The van der Waals surface area contributed by atoms with Gasteiger partial charge in [-0.25, -0.2) is 4.98 Å². The second-order valence-corrected chi connectivity index (χ2v) is 5.67. The molecule has 2 heterocycles. The van der Waals surface area contributed by atoms with E-state index in [0.717, 1.165) is 42.9 Å². The van der Waals surface area contributed by atoms with Crippen LogP contribution in [0.1, 0.15) is 19.8 Å². The lowest BCUT2D eigenvalue weighted by Crippen LogP contribution is -2.32. The first-order valence-electron chi connectivity index (χ1n) is 7.46. The monoisotopic (exact) mass is 284 g/mol. The number of para-hydroxylation sites is 2. The van der Waals surface area contributed by atoms with Crippen molar-refractivity contribution in [2.75, 3.05) is 25.0 Å². The molecule has 110 valence electrons. The summed E-state index contributed by atoms with van der Waals surface area (Å²) in [6.45, 7) is 4.65. The van der Waals surface area contributed by atoms with Crippen LogP contribution in [-0.4, -0.2) is 40.4 Å². The molecule has 2 aromatic rings. The fraction of sp³-hybridized carbons (Fsp3) is 0.438. The largest absolute Gasteiger partial charge is 0.368 e. The molecule has 1 fully saturated rings. The standard InChI is InChI=1S/C16H20N4O/c1-12(11-20-8-4-7-16(20)21)9-18-15-10-17-13-5-2-3-6-14(13)19-15/h2-3,5-6,10,12H,4,7-9,11H2,1H3,(H,18,19)/t12-/m1/s1. The van der Waals surface area contributed by atoms with Crippen LogP contribution in [0.4, 0.5) is 5.82 Å². The number of hydrogen-bond donors (Lipinski definition) is 1. The van der Waals surface area contributed by atoms with Crippen LogP contribution in [0.25, 0.3) is 11.0 Å². The molecule has 5 nitrogen and oxygen atoms in total. The molecule has 1 aromatic heterocycles. The van der Waals surface area contributed by atoms with Crippen molar-refractivity contribution in [3.05, 3.63) is 30.5 Å². The lowest BCUT2D eigenvalue weighted by molar-refractivity contribution is -0.128. The molecule has 5 heteroatoms. The molecule has 3 rings (SSSR count). The van der Waals surface area contributed by atoms with E-state index in [4.69, 9.17) is 0 Å². The Hall–Kier alpha value is -2.17. The molecule has 0 radical (unpaired) electrons. The van der Waals surface area contributed by atoms with Crippen molar-refractivity contribution in [3.8, 4) is 0 Å². The summed E-state index contributed by atoms with van der Waals surface area (Å²) in [6, 6.07) is 7.83. The number of amides is 1. The second kappa shape index (κ2) is 6.08. The van der Waals surface area contributed by atoms with Gasteiger partial charge in [0.25, 0.3) is 0 Å². The Balaban J connectivity index is 1.56. The van der Waals surface area contributed by atoms with Crippen LogP contribution in [0.3, 0.4) is 0 Å². The minimum absolute atomic E-state index is 0.285. The zero-order valence-electron chi connectivity index (χ0n) is 12.2. The number of hydrogen-bond acceptors (Lipinski definition) is 4. The van der Waals surface area contributed by atoms with Crippen molar-refractivity contribution in [3.63, 3.8) is 0 Å². The minimum atomic E-state index is 0.285. The van der Waals surface area contributed by atoms with Gasteiger partial charge in [0, 0.05) is 26.1 Å². The van der Waals surface area contributed by atoms with E-state index in [2.05, 4.69) is 22.2 Å². The highest BCUT2D eigenvalue weighted by molar-refractivity contribution is 5.78. The maximum atomic E-state index is 11.6. The van der Waals surface area contributed by atoms with Gasteiger partial charge in [-0.15, -0.1) is 0 Å². The van der Waals surface area contributed by atoms with Crippen LogP contribution < -0.4 is 5.32 Å². The van der Waals surface area contributed by atoms with Crippen molar-refractivity contribution < 1.29 is 4.79 Å². The van der Waals surface area contributed by atoms with Crippen LogP contribution in [-0.2, 0) is 4.79 Å². The molecule has 21 heavy (non-hydrogen) atoms. The Morgan fingerprint density at radius 3 is 2.90 bits per heavy atom. The summed E-state index contributed by atoms with van der Waals surface area (Å²) in [7, 11) is 0. The first-order chi connectivity index (χ1) is 10.2. The number of anilines is 1. The first kappa shape index (κ1) is 13.8. The maximum absolute atomic E-state index is 11.6. The molecule has 0 aliphatic carbocycles. The Kier molecular flexibility index (Phi) is 3.99. The molecular formula is C16H20N4O. The number of rotatable bonds is 5. The summed E-state index contributed by atoms with van der Waals surface area (Å²) in [6.07, 6.45) is 3.46. The molecule has 1 aliphatic rings. The van der Waals surface area contributed by atoms with E-state index in [0.29, 0.717) is 12.3 Å². The van der Waals surface area contributed by atoms with Gasteiger partial charge in [-0.1, -0.05) is 19.1 Å². The molecular weight excluding hydrogens is 264 g/mol. The van der Waals surface area contributed by atoms with Gasteiger partial charge in [-0.2, -0.15) is 0 Å². The van der Waals surface area contributed by atoms with E-state index in [1.54, 1.807) is 6.20 Å². The Labute approximate surface area is 124 Å². The lowest BCUT2D eigenvalue weighted by atomic mass is 10.1. The van der Waals surface area contributed by atoms with E-state index in [9.17, 15) is 4.79 Å².